The summed E-state index contributed by atoms with van der Waals surface area (Å²) in [5.74, 6) is 2.35. The minimum Gasteiger partial charge on any atom is -0.454 e. The number of rotatable bonds is 5. The topological polar surface area (TPSA) is 59.9 Å². The van der Waals surface area contributed by atoms with Crippen LogP contribution in [-0.2, 0) is 19.3 Å². The highest BCUT2D eigenvalue weighted by atomic mass is 32.1. The molecule has 1 aliphatic carbocycles. The van der Waals surface area contributed by atoms with Gasteiger partial charge in [-0.05, 0) is 66.2 Å². The van der Waals surface area contributed by atoms with Crippen molar-refractivity contribution in [1.82, 2.24) is 5.43 Å². The number of benzene rings is 1. The lowest BCUT2D eigenvalue weighted by molar-refractivity contribution is 0.0954. The normalized spacial score (nSPS) is 19.0. The van der Waals surface area contributed by atoms with Gasteiger partial charge >= 0.3 is 0 Å². The van der Waals surface area contributed by atoms with Crippen LogP contribution in [0.5, 0.6) is 11.5 Å². The number of ether oxygens (including phenoxy) is 2. The van der Waals surface area contributed by atoms with E-state index in [-0.39, 0.29) is 18.6 Å². The SMILES string of the molecule is C[C@H](/C=N/NC(=O)c1csc2c1CC[C@@H](C(C)(C)C)C2)Cc1ccc2c(c1)OCO2. The number of amides is 1. The predicted octanol–water partition coefficient (Wildman–Crippen LogP) is 5.22. The van der Waals surface area contributed by atoms with Crippen LogP contribution in [0.2, 0.25) is 0 Å². The molecule has 0 unspecified atom stereocenters. The van der Waals surface area contributed by atoms with Crippen molar-refractivity contribution in [3.05, 3.63) is 45.1 Å². The van der Waals surface area contributed by atoms with Gasteiger partial charge in [-0.25, -0.2) is 5.43 Å². The van der Waals surface area contributed by atoms with Gasteiger partial charge in [0, 0.05) is 16.5 Å². The van der Waals surface area contributed by atoms with E-state index in [4.69, 9.17) is 9.47 Å². The molecule has 5 nitrogen and oxygen atoms in total. The highest BCUT2D eigenvalue weighted by Gasteiger charge is 2.31. The van der Waals surface area contributed by atoms with Crippen LogP contribution in [0.1, 0.15) is 60.5 Å². The van der Waals surface area contributed by atoms with Crippen molar-refractivity contribution < 1.29 is 14.3 Å². The quantitative estimate of drug-likeness (QED) is 0.527. The first-order valence-corrected chi connectivity index (χ1v) is 11.5. The lowest BCUT2D eigenvalue weighted by Gasteiger charge is -2.33. The summed E-state index contributed by atoms with van der Waals surface area (Å²) in [6.07, 6.45) is 5.82. The number of carbonyl (C=O) groups excluding carboxylic acids is 1. The minimum absolute atomic E-state index is 0.103. The van der Waals surface area contributed by atoms with Crippen LogP contribution in [0.25, 0.3) is 0 Å². The van der Waals surface area contributed by atoms with Crippen LogP contribution in [-0.4, -0.2) is 18.9 Å². The molecule has 2 aliphatic rings. The third kappa shape index (κ3) is 4.53. The molecule has 0 bridgehead atoms. The first kappa shape index (κ1) is 20.9. The molecule has 1 aliphatic heterocycles. The number of thiophene rings is 1. The Morgan fingerprint density at radius 3 is 2.93 bits per heavy atom. The lowest BCUT2D eigenvalue weighted by atomic mass is 9.72. The molecule has 0 radical (unpaired) electrons. The summed E-state index contributed by atoms with van der Waals surface area (Å²) in [6.45, 7) is 9.29. The van der Waals surface area contributed by atoms with Gasteiger partial charge in [-0.1, -0.05) is 33.8 Å². The Kier molecular flexibility index (Phi) is 5.87. The first-order chi connectivity index (χ1) is 14.3. The van der Waals surface area contributed by atoms with Gasteiger partial charge in [-0.3, -0.25) is 4.79 Å². The smallest absolute Gasteiger partial charge is 0.272 e. The molecule has 0 spiro atoms. The molecule has 160 valence electrons. The maximum atomic E-state index is 12.7. The molecule has 2 aromatic rings. The van der Waals surface area contributed by atoms with E-state index >= 15 is 0 Å². The number of carbonyl (C=O) groups is 1. The second kappa shape index (κ2) is 8.42. The van der Waals surface area contributed by atoms with Gasteiger partial charge in [0.2, 0.25) is 6.79 Å². The van der Waals surface area contributed by atoms with Crippen molar-refractivity contribution in [1.29, 1.82) is 0 Å². The molecule has 1 amide bonds. The monoisotopic (exact) mass is 426 g/mol. The van der Waals surface area contributed by atoms with Crippen molar-refractivity contribution in [2.45, 2.75) is 53.4 Å². The standard InChI is InChI=1S/C24H30N2O3S/c1-15(9-16-5-8-20-21(10-16)29-14-28-20)12-25-26-23(27)19-13-30-22-11-17(24(2,3)4)6-7-18(19)22/h5,8,10,12-13,15,17H,6-7,9,11,14H2,1-4H3,(H,26,27)/b25-12+/t15-,17+/m0/s1. The van der Waals surface area contributed by atoms with Crippen molar-refractivity contribution >= 4 is 23.5 Å². The maximum absolute atomic E-state index is 12.7. The number of nitrogens with one attached hydrogen (secondary N) is 1. The van der Waals surface area contributed by atoms with Gasteiger partial charge in [0.05, 0.1) is 5.56 Å². The Bertz CT molecular complexity index is 958. The Morgan fingerprint density at radius 2 is 2.13 bits per heavy atom. The maximum Gasteiger partial charge on any atom is 0.272 e. The molecule has 2 heterocycles. The summed E-state index contributed by atoms with van der Waals surface area (Å²) in [5, 5.41) is 6.22. The predicted molar refractivity (Wildman–Crippen MR) is 121 cm³/mol. The zero-order valence-corrected chi connectivity index (χ0v) is 19.0. The molecule has 4 rings (SSSR count). The first-order valence-electron chi connectivity index (χ1n) is 10.6. The Hall–Kier alpha value is -2.34. The highest BCUT2D eigenvalue weighted by molar-refractivity contribution is 7.10. The second-order valence-corrected chi connectivity index (χ2v) is 10.4. The van der Waals surface area contributed by atoms with E-state index < -0.39 is 0 Å². The Labute approximate surface area is 182 Å². The lowest BCUT2D eigenvalue weighted by Crippen LogP contribution is -2.27. The van der Waals surface area contributed by atoms with Crippen LogP contribution < -0.4 is 14.9 Å². The van der Waals surface area contributed by atoms with Crippen molar-refractivity contribution in [3.8, 4) is 11.5 Å². The molecular weight excluding hydrogens is 396 g/mol. The Morgan fingerprint density at radius 1 is 1.33 bits per heavy atom. The molecule has 30 heavy (non-hydrogen) atoms. The minimum atomic E-state index is -0.103. The van der Waals surface area contributed by atoms with E-state index in [0.29, 0.717) is 11.3 Å². The van der Waals surface area contributed by atoms with Gasteiger partial charge in [-0.15, -0.1) is 11.3 Å². The molecule has 1 aromatic heterocycles. The molecule has 0 fully saturated rings. The zero-order valence-electron chi connectivity index (χ0n) is 18.2. The Balaban J connectivity index is 1.33. The van der Waals surface area contributed by atoms with Gasteiger partial charge in [0.25, 0.3) is 5.91 Å². The molecule has 1 N–H and O–H groups in total. The second-order valence-electron chi connectivity index (χ2n) is 9.44. The zero-order chi connectivity index (χ0) is 21.3. The van der Waals surface area contributed by atoms with E-state index in [1.54, 1.807) is 17.6 Å². The number of hydrazone groups is 1. The van der Waals surface area contributed by atoms with Crippen LogP contribution in [0.3, 0.4) is 0 Å². The summed E-state index contributed by atoms with van der Waals surface area (Å²) in [6, 6.07) is 5.99. The molecule has 0 saturated carbocycles. The number of fused-ring (bicyclic) bond motifs is 2. The van der Waals surface area contributed by atoms with E-state index in [9.17, 15) is 4.79 Å². The third-order valence-corrected chi connectivity index (χ3v) is 7.17. The van der Waals surface area contributed by atoms with Crippen LogP contribution in [0.15, 0.2) is 28.7 Å². The summed E-state index contributed by atoms with van der Waals surface area (Å²) in [5.41, 5.74) is 6.21. The van der Waals surface area contributed by atoms with E-state index in [2.05, 4.69) is 38.2 Å². The van der Waals surface area contributed by atoms with Gasteiger partial charge in [0.1, 0.15) is 0 Å². The number of hydrogen-bond donors (Lipinski definition) is 1. The summed E-state index contributed by atoms with van der Waals surface area (Å²) < 4.78 is 10.8. The van der Waals surface area contributed by atoms with Crippen molar-refractivity contribution in [2.75, 3.05) is 6.79 Å². The average Bonchev–Trinajstić information content (AvgIpc) is 3.33. The molecule has 6 heteroatoms. The molecular formula is C24H30N2O3S. The fourth-order valence-corrected chi connectivity index (χ4v) is 5.38. The number of nitrogens with zero attached hydrogens (tertiary/aromatic N) is 1. The third-order valence-electron chi connectivity index (χ3n) is 6.11. The van der Waals surface area contributed by atoms with E-state index in [1.165, 1.54) is 10.4 Å². The molecule has 0 saturated heterocycles. The largest absolute Gasteiger partial charge is 0.454 e. The number of hydrogen-bond acceptors (Lipinski definition) is 5. The fraction of sp³-hybridized carbons (Fsp3) is 0.500. The fourth-order valence-electron chi connectivity index (χ4n) is 4.22. The molecule has 2 atom stereocenters. The molecule has 1 aromatic carbocycles. The van der Waals surface area contributed by atoms with E-state index in [1.807, 2.05) is 23.6 Å². The van der Waals surface area contributed by atoms with Crippen LogP contribution in [0.4, 0.5) is 0 Å². The van der Waals surface area contributed by atoms with Crippen molar-refractivity contribution in [2.24, 2.45) is 22.4 Å². The summed E-state index contributed by atoms with van der Waals surface area (Å²) in [4.78, 5) is 14.0. The highest BCUT2D eigenvalue weighted by Crippen LogP contribution is 2.40. The van der Waals surface area contributed by atoms with Crippen molar-refractivity contribution in [3.63, 3.8) is 0 Å². The summed E-state index contributed by atoms with van der Waals surface area (Å²) in [7, 11) is 0. The van der Waals surface area contributed by atoms with E-state index in [0.717, 1.165) is 48.3 Å². The van der Waals surface area contributed by atoms with Gasteiger partial charge < -0.3 is 9.47 Å². The average molecular weight is 427 g/mol. The van der Waals surface area contributed by atoms with Crippen LogP contribution >= 0.6 is 11.3 Å². The summed E-state index contributed by atoms with van der Waals surface area (Å²) >= 11 is 1.72. The van der Waals surface area contributed by atoms with Gasteiger partial charge in [0.15, 0.2) is 11.5 Å². The van der Waals surface area contributed by atoms with Crippen LogP contribution in [0, 0.1) is 17.3 Å². The van der Waals surface area contributed by atoms with Gasteiger partial charge in [-0.2, -0.15) is 5.10 Å².